The van der Waals surface area contributed by atoms with Crippen molar-refractivity contribution in [3.63, 3.8) is 0 Å². The first-order valence-electron chi connectivity index (χ1n) is 7.46. The lowest BCUT2D eigenvalue weighted by atomic mass is 9.83. The molecule has 0 aliphatic heterocycles. The summed E-state index contributed by atoms with van der Waals surface area (Å²) in [4.78, 5) is 1.50. The van der Waals surface area contributed by atoms with Gasteiger partial charge < -0.3 is 10.1 Å². The molecule has 1 aromatic heterocycles. The molecule has 0 radical (unpaired) electrons. The first-order chi connectivity index (χ1) is 9.38. The Balaban J connectivity index is 2.84. The van der Waals surface area contributed by atoms with E-state index in [1.807, 2.05) is 6.92 Å². The largest absolute Gasteiger partial charge is 0.376 e. The second-order valence-electron chi connectivity index (χ2n) is 6.20. The molecule has 1 aromatic rings. The predicted octanol–water partition coefficient (Wildman–Crippen LogP) is 1.57. The van der Waals surface area contributed by atoms with E-state index in [1.165, 1.54) is 4.80 Å². The predicted molar refractivity (Wildman–Crippen MR) is 79.5 cm³/mol. The van der Waals surface area contributed by atoms with Crippen LogP contribution >= 0.6 is 0 Å². The first-order valence-corrected chi connectivity index (χ1v) is 7.46. The van der Waals surface area contributed by atoms with E-state index in [0.29, 0.717) is 6.61 Å². The van der Waals surface area contributed by atoms with Crippen LogP contribution in [0.5, 0.6) is 0 Å². The Kier molecular flexibility index (Phi) is 6.55. The molecule has 6 nitrogen and oxygen atoms in total. The molecule has 0 amide bonds. The molecule has 6 heteroatoms. The second-order valence-corrected chi connectivity index (χ2v) is 6.20. The van der Waals surface area contributed by atoms with Crippen LogP contribution in [0.4, 0.5) is 0 Å². The molecule has 116 valence electrons. The van der Waals surface area contributed by atoms with Gasteiger partial charge in [0.2, 0.25) is 0 Å². The molecule has 2 unspecified atom stereocenters. The Labute approximate surface area is 122 Å². The van der Waals surface area contributed by atoms with Crippen LogP contribution in [0.25, 0.3) is 0 Å². The van der Waals surface area contributed by atoms with Crippen LogP contribution in [0.2, 0.25) is 0 Å². The first kappa shape index (κ1) is 17.0. The summed E-state index contributed by atoms with van der Waals surface area (Å²) in [7, 11) is 1.79. The van der Waals surface area contributed by atoms with Crippen molar-refractivity contribution in [2.24, 2.45) is 12.5 Å². The van der Waals surface area contributed by atoms with Gasteiger partial charge in [-0.3, -0.25) is 0 Å². The Morgan fingerprint density at radius 3 is 2.45 bits per heavy atom. The Hall–Kier alpha value is -1.01. The summed E-state index contributed by atoms with van der Waals surface area (Å²) in [5.41, 5.74) is 0.0592. The van der Waals surface area contributed by atoms with E-state index < -0.39 is 0 Å². The molecule has 2 atom stereocenters. The van der Waals surface area contributed by atoms with Gasteiger partial charge >= 0.3 is 0 Å². The zero-order valence-corrected chi connectivity index (χ0v) is 13.7. The van der Waals surface area contributed by atoms with E-state index in [1.54, 1.807) is 7.05 Å². The van der Waals surface area contributed by atoms with Crippen molar-refractivity contribution in [1.29, 1.82) is 0 Å². The van der Waals surface area contributed by atoms with Crippen LogP contribution in [-0.4, -0.2) is 45.5 Å². The Morgan fingerprint density at radius 1 is 1.30 bits per heavy atom. The highest BCUT2D eigenvalue weighted by Gasteiger charge is 2.33. The van der Waals surface area contributed by atoms with Crippen molar-refractivity contribution >= 4 is 0 Å². The average molecular weight is 283 g/mol. The number of aryl methyl sites for hydroxylation is 1. The number of ether oxygens (including phenoxy) is 1. The molecule has 1 N–H and O–H groups in total. The van der Waals surface area contributed by atoms with E-state index in [4.69, 9.17) is 4.74 Å². The fourth-order valence-electron chi connectivity index (χ4n) is 2.37. The zero-order chi connectivity index (χ0) is 15.2. The minimum Gasteiger partial charge on any atom is -0.376 e. The fraction of sp³-hybridized carbons (Fsp3) is 0.929. The molecule has 1 rings (SSSR count). The van der Waals surface area contributed by atoms with Gasteiger partial charge in [0.25, 0.3) is 0 Å². The second kappa shape index (κ2) is 7.69. The van der Waals surface area contributed by atoms with Crippen molar-refractivity contribution in [3.05, 3.63) is 5.82 Å². The topological polar surface area (TPSA) is 64.9 Å². The van der Waals surface area contributed by atoms with Gasteiger partial charge in [-0.15, -0.1) is 10.2 Å². The molecule has 0 saturated carbocycles. The highest BCUT2D eigenvalue weighted by atomic mass is 16.5. The lowest BCUT2D eigenvalue weighted by molar-refractivity contribution is -0.0358. The number of aromatic nitrogens is 4. The molecule has 0 aromatic carbocycles. The quantitative estimate of drug-likeness (QED) is 0.784. The van der Waals surface area contributed by atoms with Crippen molar-refractivity contribution in [2.75, 3.05) is 13.2 Å². The summed E-state index contributed by atoms with van der Waals surface area (Å²) in [6.45, 7) is 12.5. The maximum atomic E-state index is 6.00. The van der Waals surface area contributed by atoms with E-state index >= 15 is 0 Å². The number of nitrogens with one attached hydrogen (secondary N) is 1. The van der Waals surface area contributed by atoms with Gasteiger partial charge in [0.15, 0.2) is 5.82 Å². The molecular weight excluding hydrogens is 254 g/mol. The highest BCUT2D eigenvalue weighted by molar-refractivity contribution is 4.93. The van der Waals surface area contributed by atoms with Gasteiger partial charge in [0.05, 0.1) is 13.2 Å². The molecular formula is C14H29N5O. The van der Waals surface area contributed by atoms with Crippen LogP contribution in [0.1, 0.15) is 46.9 Å². The minimum absolute atomic E-state index is 0.0592. The van der Waals surface area contributed by atoms with Crippen LogP contribution in [-0.2, 0) is 18.2 Å². The van der Waals surface area contributed by atoms with E-state index in [2.05, 4.69) is 48.4 Å². The van der Waals surface area contributed by atoms with Crippen molar-refractivity contribution in [1.82, 2.24) is 25.5 Å². The van der Waals surface area contributed by atoms with E-state index in [0.717, 1.165) is 25.2 Å². The van der Waals surface area contributed by atoms with Crippen LogP contribution in [0.3, 0.4) is 0 Å². The van der Waals surface area contributed by atoms with Crippen LogP contribution in [0.15, 0.2) is 0 Å². The Bertz CT molecular complexity index is 385. The van der Waals surface area contributed by atoms with Crippen LogP contribution < -0.4 is 5.32 Å². The van der Waals surface area contributed by atoms with Gasteiger partial charge in [-0.1, -0.05) is 27.7 Å². The van der Waals surface area contributed by atoms with E-state index in [9.17, 15) is 0 Å². The van der Waals surface area contributed by atoms with Crippen LogP contribution in [0, 0.1) is 5.41 Å². The summed E-state index contributed by atoms with van der Waals surface area (Å²) < 4.78 is 6.00. The number of rotatable bonds is 8. The molecule has 0 bridgehead atoms. The standard InChI is InChI=1S/C14H29N5O/c1-7-9-15-11(10-12-16-18-19(6)17-12)13(20-8-2)14(3,4)5/h11,13,15H,7-10H2,1-6H3. The van der Waals surface area contributed by atoms with Gasteiger partial charge in [-0.2, -0.15) is 4.80 Å². The Morgan fingerprint density at radius 2 is 2.00 bits per heavy atom. The zero-order valence-electron chi connectivity index (χ0n) is 13.7. The van der Waals surface area contributed by atoms with Gasteiger partial charge in [0, 0.05) is 19.1 Å². The third-order valence-corrected chi connectivity index (χ3v) is 3.17. The normalized spacial score (nSPS) is 15.3. The van der Waals surface area contributed by atoms with Gasteiger partial charge in [0.1, 0.15) is 0 Å². The monoisotopic (exact) mass is 283 g/mol. The lowest BCUT2D eigenvalue weighted by Crippen LogP contribution is -2.49. The van der Waals surface area contributed by atoms with Crippen molar-refractivity contribution in [2.45, 2.75) is 59.6 Å². The third-order valence-electron chi connectivity index (χ3n) is 3.17. The number of hydrogen-bond donors (Lipinski definition) is 1. The molecule has 20 heavy (non-hydrogen) atoms. The average Bonchev–Trinajstić information content (AvgIpc) is 2.76. The van der Waals surface area contributed by atoms with Crippen molar-refractivity contribution in [3.8, 4) is 0 Å². The number of tetrazole rings is 1. The molecule has 0 saturated heterocycles. The SMILES string of the molecule is CCCNC(Cc1nnn(C)n1)C(OCC)C(C)(C)C. The number of nitrogens with zero attached hydrogens (tertiary/aromatic N) is 4. The molecule has 1 heterocycles. The molecule has 0 aliphatic carbocycles. The maximum Gasteiger partial charge on any atom is 0.176 e. The third kappa shape index (κ3) is 5.17. The molecule has 0 spiro atoms. The molecule has 0 aliphatic rings. The lowest BCUT2D eigenvalue weighted by Gasteiger charge is -2.37. The summed E-state index contributed by atoms with van der Waals surface area (Å²) in [5, 5.41) is 15.9. The highest BCUT2D eigenvalue weighted by Crippen LogP contribution is 2.26. The number of hydrogen-bond acceptors (Lipinski definition) is 5. The minimum atomic E-state index is 0.0592. The molecule has 0 fully saturated rings. The fourth-order valence-corrected chi connectivity index (χ4v) is 2.37. The summed E-state index contributed by atoms with van der Waals surface area (Å²) >= 11 is 0. The maximum absolute atomic E-state index is 6.00. The summed E-state index contributed by atoms with van der Waals surface area (Å²) in [6, 6.07) is 0.194. The summed E-state index contributed by atoms with van der Waals surface area (Å²) in [6.07, 6.45) is 1.94. The van der Waals surface area contributed by atoms with E-state index in [-0.39, 0.29) is 17.6 Å². The van der Waals surface area contributed by atoms with Gasteiger partial charge in [-0.05, 0) is 30.5 Å². The summed E-state index contributed by atoms with van der Waals surface area (Å²) in [5.74, 6) is 0.759. The smallest absolute Gasteiger partial charge is 0.176 e. The van der Waals surface area contributed by atoms with Gasteiger partial charge in [-0.25, -0.2) is 0 Å². The van der Waals surface area contributed by atoms with Crippen molar-refractivity contribution < 1.29 is 4.74 Å².